The number of nitrogens with zero attached hydrogens (tertiary/aromatic N) is 3. The van der Waals surface area contributed by atoms with Gasteiger partial charge >= 0.3 is 0 Å². The highest BCUT2D eigenvalue weighted by Gasteiger charge is 2.10. The van der Waals surface area contributed by atoms with Crippen LogP contribution in [0.2, 0.25) is 0 Å². The molecule has 0 aliphatic heterocycles. The first-order chi connectivity index (χ1) is 11.3. The lowest BCUT2D eigenvalue weighted by atomic mass is 10.2. The standard InChI is InChI=1S/C17H14N4O2/c1-23-16-5-3-2-4-15(16)21-17(22)12-6-7-14(20-10-12)13-8-18-11-19-9-13/h2-11H,1H3,(H,21,22). The summed E-state index contributed by atoms with van der Waals surface area (Å²) in [7, 11) is 1.56. The molecular formula is C17H14N4O2. The molecule has 0 fully saturated rings. The number of para-hydroxylation sites is 2. The largest absolute Gasteiger partial charge is 0.495 e. The minimum atomic E-state index is -0.252. The van der Waals surface area contributed by atoms with Gasteiger partial charge in [-0.15, -0.1) is 0 Å². The van der Waals surface area contributed by atoms with Gasteiger partial charge in [0.15, 0.2) is 0 Å². The third-order valence-electron chi connectivity index (χ3n) is 3.24. The zero-order chi connectivity index (χ0) is 16.1. The van der Waals surface area contributed by atoms with Crippen molar-refractivity contribution >= 4 is 11.6 Å². The minimum absolute atomic E-state index is 0.252. The molecule has 0 atom stereocenters. The van der Waals surface area contributed by atoms with Crippen molar-refractivity contribution in [3.63, 3.8) is 0 Å². The Morgan fingerprint density at radius 1 is 1.04 bits per heavy atom. The van der Waals surface area contributed by atoms with Crippen LogP contribution in [0.25, 0.3) is 11.3 Å². The van der Waals surface area contributed by atoms with E-state index >= 15 is 0 Å². The summed E-state index contributed by atoms with van der Waals surface area (Å²) in [4.78, 5) is 24.5. The summed E-state index contributed by atoms with van der Waals surface area (Å²) in [5.41, 5.74) is 2.57. The smallest absolute Gasteiger partial charge is 0.257 e. The summed E-state index contributed by atoms with van der Waals surface area (Å²) in [6.45, 7) is 0. The monoisotopic (exact) mass is 306 g/mol. The van der Waals surface area contributed by atoms with Crippen LogP contribution in [0.5, 0.6) is 5.75 Å². The molecule has 3 rings (SSSR count). The van der Waals surface area contributed by atoms with Crippen molar-refractivity contribution in [1.29, 1.82) is 0 Å². The molecule has 0 spiro atoms. The molecule has 0 saturated carbocycles. The number of carbonyl (C=O) groups excluding carboxylic acids is 1. The van der Waals surface area contributed by atoms with Crippen LogP contribution in [0.4, 0.5) is 5.69 Å². The van der Waals surface area contributed by atoms with Gasteiger partial charge in [0.25, 0.3) is 5.91 Å². The Kier molecular flexibility index (Phi) is 4.24. The van der Waals surface area contributed by atoms with Crippen molar-refractivity contribution in [2.75, 3.05) is 12.4 Å². The van der Waals surface area contributed by atoms with Crippen LogP contribution in [0.3, 0.4) is 0 Å². The number of pyridine rings is 1. The second-order valence-electron chi connectivity index (χ2n) is 4.71. The van der Waals surface area contributed by atoms with Crippen molar-refractivity contribution < 1.29 is 9.53 Å². The summed E-state index contributed by atoms with van der Waals surface area (Å²) in [6.07, 6.45) is 6.32. The molecule has 114 valence electrons. The molecule has 3 aromatic rings. The van der Waals surface area contributed by atoms with Crippen molar-refractivity contribution in [2.45, 2.75) is 0 Å². The van der Waals surface area contributed by atoms with Gasteiger partial charge in [-0.25, -0.2) is 9.97 Å². The third kappa shape index (κ3) is 3.32. The van der Waals surface area contributed by atoms with Crippen molar-refractivity contribution in [2.24, 2.45) is 0 Å². The SMILES string of the molecule is COc1ccccc1NC(=O)c1ccc(-c2cncnc2)nc1. The van der Waals surface area contributed by atoms with Gasteiger partial charge in [0.05, 0.1) is 24.1 Å². The van der Waals surface area contributed by atoms with E-state index in [9.17, 15) is 4.79 Å². The van der Waals surface area contributed by atoms with Crippen LogP contribution >= 0.6 is 0 Å². The van der Waals surface area contributed by atoms with E-state index in [1.54, 1.807) is 43.8 Å². The van der Waals surface area contributed by atoms with E-state index in [1.807, 2.05) is 12.1 Å². The molecule has 0 aliphatic rings. The first-order valence-electron chi connectivity index (χ1n) is 6.94. The average molecular weight is 306 g/mol. The Hall–Kier alpha value is -3.28. The Labute approximate surface area is 133 Å². The van der Waals surface area contributed by atoms with Crippen LogP contribution in [-0.4, -0.2) is 28.0 Å². The van der Waals surface area contributed by atoms with E-state index in [0.717, 1.165) is 5.56 Å². The topological polar surface area (TPSA) is 77.0 Å². The Morgan fingerprint density at radius 3 is 2.52 bits per heavy atom. The van der Waals surface area contributed by atoms with E-state index in [1.165, 1.54) is 12.5 Å². The molecule has 0 unspecified atom stereocenters. The summed E-state index contributed by atoms with van der Waals surface area (Å²) in [5, 5.41) is 2.81. The van der Waals surface area contributed by atoms with Crippen molar-refractivity contribution in [3.05, 3.63) is 66.9 Å². The highest BCUT2D eigenvalue weighted by molar-refractivity contribution is 6.04. The van der Waals surface area contributed by atoms with Crippen LogP contribution in [0.15, 0.2) is 61.3 Å². The molecule has 0 radical (unpaired) electrons. The third-order valence-corrected chi connectivity index (χ3v) is 3.24. The van der Waals surface area contributed by atoms with Gasteiger partial charge in [0.1, 0.15) is 12.1 Å². The lowest BCUT2D eigenvalue weighted by molar-refractivity contribution is 0.102. The lowest BCUT2D eigenvalue weighted by Gasteiger charge is -2.09. The number of amides is 1. The normalized spacial score (nSPS) is 10.1. The number of hydrogen-bond donors (Lipinski definition) is 1. The fourth-order valence-corrected chi connectivity index (χ4v) is 2.07. The maximum absolute atomic E-state index is 12.3. The molecule has 0 saturated heterocycles. The summed E-state index contributed by atoms with van der Waals surface area (Å²) < 4.78 is 5.21. The molecular weight excluding hydrogens is 292 g/mol. The predicted octanol–water partition coefficient (Wildman–Crippen LogP) is 2.80. The molecule has 1 N–H and O–H groups in total. The van der Waals surface area contributed by atoms with E-state index < -0.39 is 0 Å². The Morgan fingerprint density at radius 2 is 1.83 bits per heavy atom. The summed E-state index contributed by atoms with van der Waals surface area (Å²) in [6, 6.07) is 10.7. The van der Waals surface area contributed by atoms with Gasteiger partial charge in [0, 0.05) is 24.2 Å². The van der Waals surface area contributed by atoms with Gasteiger partial charge in [-0.1, -0.05) is 12.1 Å². The van der Waals surface area contributed by atoms with Crippen molar-refractivity contribution in [1.82, 2.24) is 15.0 Å². The molecule has 0 bridgehead atoms. The van der Waals surface area contributed by atoms with Gasteiger partial charge in [-0.2, -0.15) is 0 Å². The number of aromatic nitrogens is 3. The van der Waals surface area contributed by atoms with E-state index in [0.29, 0.717) is 22.7 Å². The molecule has 6 heteroatoms. The van der Waals surface area contributed by atoms with E-state index in [-0.39, 0.29) is 5.91 Å². The zero-order valence-corrected chi connectivity index (χ0v) is 12.4. The van der Waals surface area contributed by atoms with Gasteiger partial charge in [-0.05, 0) is 24.3 Å². The molecule has 2 heterocycles. The number of nitrogens with one attached hydrogen (secondary N) is 1. The number of methoxy groups -OCH3 is 1. The van der Waals surface area contributed by atoms with Gasteiger partial charge < -0.3 is 10.1 Å². The first kappa shape index (κ1) is 14.6. The van der Waals surface area contributed by atoms with Crippen molar-refractivity contribution in [3.8, 4) is 17.0 Å². The van der Waals surface area contributed by atoms with Crippen LogP contribution in [0, 0.1) is 0 Å². The van der Waals surface area contributed by atoms with Crippen LogP contribution in [0.1, 0.15) is 10.4 Å². The maximum atomic E-state index is 12.3. The maximum Gasteiger partial charge on any atom is 0.257 e. The van der Waals surface area contributed by atoms with E-state index in [4.69, 9.17) is 4.74 Å². The minimum Gasteiger partial charge on any atom is -0.495 e. The highest BCUT2D eigenvalue weighted by atomic mass is 16.5. The Balaban J connectivity index is 1.78. The summed E-state index contributed by atoms with van der Waals surface area (Å²) >= 11 is 0. The quantitative estimate of drug-likeness (QED) is 0.802. The fraction of sp³-hybridized carbons (Fsp3) is 0.0588. The number of benzene rings is 1. The molecule has 0 aliphatic carbocycles. The lowest BCUT2D eigenvalue weighted by Crippen LogP contribution is -2.12. The van der Waals surface area contributed by atoms with Gasteiger partial charge in [0.2, 0.25) is 0 Å². The Bertz CT molecular complexity index is 804. The number of anilines is 1. The number of ether oxygens (including phenoxy) is 1. The number of hydrogen-bond acceptors (Lipinski definition) is 5. The fourth-order valence-electron chi connectivity index (χ4n) is 2.07. The molecule has 1 amide bonds. The number of rotatable bonds is 4. The predicted molar refractivity (Wildman–Crippen MR) is 86.2 cm³/mol. The van der Waals surface area contributed by atoms with Crippen LogP contribution < -0.4 is 10.1 Å². The van der Waals surface area contributed by atoms with Gasteiger partial charge in [-0.3, -0.25) is 9.78 Å². The number of carbonyl (C=O) groups is 1. The van der Waals surface area contributed by atoms with E-state index in [2.05, 4.69) is 20.3 Å². The molecule has 1 aromatic carbocycles. The second-order valence-corrected chi connectivity index (χ2v) is 4.71. The molecule has 23 heavy (non-hydrogen) atoms. The highest BCUT2D eigenvalue weighted by Crippen LogP contribution is 2.23. The second kappa shape index (κ2) is 6.65. The molecule has 6 nitrogen and oxygen atoms in total. The summed E-state index contributed by atoms with van der Waals surface area (Å²) in [5.74, 6) is 0.352. The first-order valence-corrected chi connectivity index (χ1v) is 6.94. The average Bonchev–Trinajstić information content (AvgIpc) is 2.63. The molecule has 2 aromatic heterocycles. The zero-order valence-electron chi connectivity index (χ0n) is 12.4. The van der Waals surface area contributed by atoms with Crippen LogP contribution in [-0.2, 0) is 0 Å².